The Labute approximate surface area is 203 Å². The number of hydrogen-bond acceptors (Lipinski definition) is 7. The molecule has 11 heteroatoms. The summed E-state index contributed by atoms with van der Waals surface area (Å²) in [4.78, 5) is 57.1. The fraction of sp³-hybridized carbons (Fsp3) is 0.333. The molecule has 0 spiro atoms. The zero-order valence-corrected chi connectivity index (χ0v) is 20.0. The van der Waals surface area contributed by atoms with Crippen LogP contribution < -0.4 is 22.0 Å². The minimum atomic E-state index is -0.637. The molecule has 0 saturated heterocycles. The van der Waals surface area contributed by atoms with Crippen molar-refractivity contribution in [3.63, 3.8) is 0 Å². The fourth-order valence-corrected chi connectivity index (χ4v) is 5.65. The maximum absolute atomic E-state index is 13.0. The summed E-state index contributed by atoms with van der Waals surface area (Å²) in [7, 11) is 0. The number of nitrogens with one attached hydrogen (secondary N) is 2. The summed E-state index contributed by atoms with van der Waals surface area (Å²) in [5.74, 6) is -1.10. The first-order chi connectivity index (χ1) is 17.0. The van der Waals surface area contributed by atoms with Crippen molar-refractivity contribution in [2.75, 3.05) is 0 Å². The highest BCUT2D eigenvalue weighted by atomic mass is 32.1. The number of carbonyl (C=O) groups is 2. The number of thiophene rings is 1. The van der Waals surface area contributed by atoms with Gasteiger partial charge in [-0.1, -0.05) is 18.2 Å². The standard InChI is InChI=1S/C24H24N6O4S/c1-2-30-23(33)15-8-4-3-7-14(15)20(28-30)21(32)27-26-18(31)11-12-29-13-25-22-19(24(29)34)16-9-5-6-10-17(16)35-22/h3-4,7-8,13H,2,5-6,9-12H2,1H3,(H,26,31)(H,27,32). The lowest BCUT2D eigenvalue weighted by atomic mass is 9.97. The molecule has 0 unspecified atom stereocenters. The van der Waals surface area contributed by atoms with Crippen molar-refractivity contribution < 1.29 is 9.59 Å². The number of aryl methyl sites for hydroxylation is 4. The van der Waals surface area contributed by atoms with Crippen molar-refractivity contribution in [1.29, 1.82) is 0 Å². The maximum Gasteiger partial charge on any atom is 0.290 e. The first-order valence-corrected chi connectivity index (χ1v) is 12.4. The molecule has 180 valence electrons. The van der Waals surface area contributed by atoms with Gasteiger partial charge in [-0.3, -0.25) is 34.6 Å². The summed E-state index contributed by atoms with van der Waals surface area (Å²) in [5, 5.41) is 5.60. The van der Waals surface area contributed by atoms with E-state index in [1.165, 1.54) is 20.5 Å². The van der Waals surface area contributed by atoms with Crippen molar-refractivity contribution in [3.05, 3.63) is 67.4 Å². The Morgan fingerprint density at radius 3 is 2.63 bits per heavy atom. The van der Waals surface area contributed by atoms with E-state index < -0.39 is 11.8 Å². The van der Waals surface area contributed by atoms with Crippen LogP contribution in [-0.2, 0) is 30.7 Å². The van der Waals surface area contributed by atoms with Gasteiger partial charge in [0.2, 0.25) is 5.91 Å². The number of benzene rings is 1. The van der Waals surface area contributed by atoms with Gasteiger partial charge in [0.15, 0.2) is 5.69 Å². The van der Waals surface area contributed by atoms with E-state index in [1.807, 2.05) is 0 Å². The van der Waals surface area contributed by atoms with E-state index in [0.717, 1.165) is 36.1 Å². The second-order valence-electron chi connectivity index (χ2n) is 8.40. The number of hydrazine groups is 1. The predicted molar refractivity (Wildman–Crippen MR) is 132 cm³/mol. The highest BCUT2D eigenvalue weighted by Gasteiger charge is 2.20. The minimum Gasteiger partial charge on any atom is -0.298 e. The maximum atomic E-state index is 13.0. The number of fused-ring (bicyclic) bond motifs is 4. The van der Waals surface area contributed by atoms with E-state index in [-0.39, 0.29) is 29.8 Å². The molecule has 1 aromatic carbocycles. The molecule has 0 aliphatic heterocycles. The molecule has 0 fully saturated rings. The lowest BCUT2D eigenvalue weighted by Crippen LogP contribution is -2.43. The zero-order chi connectivity index (χ0) is 24.5. The Morgan fingerprint density at radius 2 is 1.83 bits per heavy atom. The van der Waals surface area contributed by atoms with E-state index in [9.17, 15) is 19.2 Å². The summed E-state index contributed by atoms with van der Waals surface area (Å²) in [6, 6.07) is 6.70. The molecule has 1 aliphatic carbocycles. The van der Waals surface area contributed by atoms with Crippen LogP contribution in [0.2, 0.25) is 0 Å². The van der Waals surface area contributed by atoms with Crippen LogP contribution in [0.15, 0.2) is 40.2 Å². The van der Waals surface area contributed by atoms with Gasteiger partial charge in [-0.15, -0.1) is 11.3 Å². The molecule has 5 rings (SSSR count). The van der Waals surface area contributed by atoms with E-state index in [0.29, 0.717) is 22.7 Å². The third-order valence-electron chi connectivity index (χ3n) is 6.22. The van der Waals surface area contributed by atoms with Crippen molar-refractivity contribution in [2.45, 2.75) is 52.1 Å². The summed E-state index contributed by atoms with van der Waals surface area (Å²) in [5.41, 5.74) is 5.45. The average Bonchev–Trinajstić information content (AvgIpc) is 3.26. The molecule has 0 saturated carbocycles. The van der Waals surface area contributed by atoms with Gasteiger partial charge in [0.05, 0.1) is 17.1 Å². The van der Waals surface area contributed by atoms with Gasteiger partial charge >= 0.3 is 0 Å². The second kappa shape index (κ2) is 9.41. The molecule has 0 atom stereocenters. The van der Waals surface area contributed by atoms with Gasteiger partial charge in [-0.2, -0.15) is 5.10 Å². The Kier molecular flexibility index (Phi) is 6.16. The number of amides is 2. The zero-order valence-electron chi connectivity index (χ0n) is 19.2. The number of rotatable bonds is 5. The molecule has 0 radical (unpaired) electrons. The van der Waals surface area contributed by atoms with Gasteiger partial charge < -0.3 is 0 Å². The van der Waals surface area contributed by atoms with Crippen LogP contribution in [0.3, 0.4) is 0 Å². The first-order valence-electron chi connectivity index (χ1n) is 11.6. The molecule has 35 heavy (non-hydrogen) atoms. The Morgan fingerprint density at radius 1 is 1.06 bits per heavy atom. The number of aromatic nitrogens is 4. The van der Waals surface area contributed by atoms with Crippen LogP contribution in [0.4, 0.5) is 0 Å². The third-order valence-corrected chi connectivity index (χ3v) is 7.42. The van der Waals surface area contributed by atoms with E-state index in [1.54, 1.807) is 42.5 Å². The van der Waals surface area contributed by atoms with Gasteiger partial charge in [-0.25, -0.2) is 9.67 Å². The first kappa shape index (κ1) is 22.9. The number of hydrogen-bond donors (Lipinski definition) is 2. The molecule has 10 nitrogen and oxygen atoms in total. The van der Waals surface area contributed by atoms with E-state index >= 15 is 0 Å². The van der Waals surface area contributed by atoms with E-state index in [2.05, 4.69) is 20.9 Å². The van der Waals surface area contributed by atoms with Gasteiger partial charge in [-0.05, 0) is 44.2 Å². The number of nitrogens with zero attached hydrogens (tertiary/aromatic N) is 4. The molecule has 3 heterocycles. The molecule has 2 N–H and O–H groups in total. The Balaban J connectivity index is 1.27. The highest BCUT2D eigenvalue weighted by Crippen LogP contribution is 2.33. The monoisotopic (exact) mass is 492 g/mol. The largest absolute Gasteiger partial charge is 0.298 e. The van der Waals surface area contributed by atoms with Crippen molar-refractivity contribution >= 4 is 44.1 Å². The smallest absolute Gasteiger partial charge is 0.290 e. The quantitative estimate of drug-likeness (QED) is 0.410. The van der Waals surface area contributed by atoms with Crippen molar-refractivity contribution in [3.8, 4) is 0 Å². The summed E-state index contributed by atoms with van der Waals surface area (Å²) in [6.07, 6.45) is 5.51. The molecular formula is C24H24N6O4S. The predicted octanol–water partition coefficient (Wildman–Crippen LogP) is 1.92. The topological polar surface area (TPSA) is 128 Å². The lowest BCUT2D eigenvalue weighted by molar-refractivity contribution is -0.122. The molecule has 3 aromatic heterocycles. The van der Waals surface area contributed by atoms with Crippen molar-refractivity contribution in [1.82, 2.24) is 30.2 Å². The second-order valence-corrected chi connectivity index (χ2v) is 9.49. The third kappa shape index (κ3) is 4.23. The van der Waals surface area contributed by atoms with Crippen LogP contribution in [0.25, 0.3) is 21.0 Å². The van der Waals surface area contributed by atoms with Gasteiger partial charge in [0.1, 0.15) is 4.83 Å². The normalized spacial score (nSPS) is 13.1. The lowest BCUT2D eigenvalue weighted by Gasteiger charge is -2.12. The highest BCUT2D eigenvalue weighted by molar-refractivity contribution is 7.18. The van der Waals surface area contributed by atoms with Gasteiger partial charge in [0, 0.05) is 29.8 Å². The minimum absolute atomic E-state index is 0.0255. The van der Waals surface area contributed by atoms with Crippen LogP contribution >= 0.6 is 11.3 Å². The fourth-order valence-electron chi connectivity index (χ4n) is 4.43. The SMILES string of the molecule is CCn1nc(C(=O)NNC(=O)CCn2cnc3sc4c(c3c2=O)CCCC4)c2ccccc2c1=O. The Bertz CT molecular complexity index is 1580. The van der Waals surface area contributed by atoms with E-state index in [4.69, 9.17) is 0 Å². The van der Waals surface area contributed by atoms with Crippen LogP contribution in [0.5, 0.6) is 0 Å². The van der Waals surface area contributed by atoms with Crippen molar-refractivity contribution in [2.24, 2.45) is 0 Å². The molecule has 0 bridgehead atoms. The van der Waals surface area contributed by atoms with Crippen LogP contribution in [-0.4, -0.2) is 31.1 Å². The molecule has 1 aliphatic rings. The molecule has 2 amide bonds. The van der Waals surface area contributed by atoms with Gasteiger partial charge in [0.25, 0.3) is 17.0 Å². The van der Waals surface area contributed by atoms with Crippen LogP contribution in [0, 0.1) is 0 Å². The summed E-state index contributed by atoms with van der Waals surface area (Å²) in [6.45, 7) is 2.19. The Hall–Kier alpha value is -3.86. The number of carbonyl (C=O) groups excluding carboxylic acids is 2. The molecular weight excluding hydrogens is 468 g/mol. The summed E-state index contributed by atoms with van der Waals surface area (Å²) < 4.78 is 2.65. The van der Waals surface area contributed by atoms with Crippen LogP contribution in [0.1, 0.15) is 47.1 Å². The molecule has 4 aromatic rings. The average molecular weight is 493 g/mol. The summed E-state index contributed by atoms with van der Waals surface area (Å²) >= 11 is 1.58.